The number of amides is 1. The molecule has 1 aliphatic heterocycles. The van der Waals surface area contributed by atoms with Crippen LogP contribution in [-0.4, -0.2) is 52.6 Å². The van der Waals surface area contributed by atoms with Gasteiger partial charge in [-0.25, -0.2) is 4.79 Å². The number of nitrogens with zero attached hydrogens (tertiary/aromatic N) is 2. The average molecular weight is 348 g/mol. The summed E-state index contributed by atoms with van der Waals surface area (Å²) in [5.41, 5.74) is 1.10. The molecule has 0 bridgehead atoms. The first-order chi connectivity index (χ1) is 11.8. The van der Waals surface area contributed by atoms with E-state index in [4.69, 9.17) is 4.74 Å². The van der Waals surface area contributed by atoms with Crippen LogP contribution in [-0.2, 0) is 14.3 Å². The van der Waals surface area contributed by atoms with Crippen LogP contribution in [0.25, 0.3) is 5.57 Å². The van der Waals surface area contributed by atoms with Crippen LogP contribution in [0.15, 0.2) is 30.5 Å². The third-order valence-electron chi connectivity index (χ3n) is 4.01. The number of hydrogen-bond acceptors (Lipinski definition) is 5. The molecule has 1 N–H and O–H groups in total. The van der Waals surface area contributed by atoms with Gasteiger partial charge in [-0.05, 0) is 17.0 Å². The van der Waals surface area contributed by atoms with Gasteiger partial charge in [0, 0.05) is 6.54 Å². The number of benzene rings is 1. The highest BCUT2D eigenvalue weighted by Gasteiger charge is 2.36. The molecule has 1 aliphatic rings. The van der Waals surface area contributed by atoms with Crippen LogP contribution in [0.4, 0.5) is 0 Å². The molecule has 0 saturated carbocycles. The Hall–Kier alpha value is -2.74. The predicted molar refractivity (Wildman–Crippen MR) is 89.5 cm³/mol. The number of carboxylic acids is 1. The van der Waals surface area contributed by atoms with Gasteiger partial charge in [0.25, 0.3) is 5.91 Å². The van der Waals surface area contributed by atoms with Crippen LogP contribution in [0, 0.1) is 10.1 Å². The van der Waals surface area contributed by atoms with E-state index in [9.17, 15) is 24.8 Å². The summed E-state index contributed by atoms with van der Waals surface area (Å²) in [6.45, 7) is 3.95. The quantitative estimate of drug-likeness (QED) is 0.493. The monoisotopic (exact) mass is 348 g/mol. The summed E-state index contributed by atoms with van der Waals surface area (Å²) in [4.78, 5) is 35.9. The second kappa shape index (κ2) is 7.89. The van der Waals surface area contributed by atoms with E-state index in [1.165, 1.54) is 0 Å². The Morgan fingerprint density at radius 3 is 2.68 bits per heavy atom. The van der Waals surface area contributed by atoms with Crippen molar-refractivity contribution >= 4 is 17.4 Å². The Labute approximate surface area is 144 Å². The lowest BCUT2D eigenvalue weighted by Crippen LogP contribution is -2.52. The summed E-state index contributed by atoms with van der Waals surface area (Å²) in [6, 6.07) is 5.76. The van der Waals surface area contributed by atoms with Crippen molar-refractivity contribution in [2.45, 2.75) is 25.8 Å². The zero-order valence-corrected chi connectivity index (χ0v) is 14.0. The largest absolute Gasteiger partial charge is 0.480 e. The predicted octanol–water partition coefficient (Wildman–Crippen LogP) is 1.74. The maximum absolute atomic E-state index is 13.0. The first kappa shape index (κ1) is 18.6. The first-order valence-corrected chi connectivity index (χ1v) is 7.89. The smallest absolute Gasteiger partial charge is 0.328 e. The second-order valence-corrected chi connectivity index (χ2v) is 6.00. The number of carbonyl (C=O) groups excluding carboxylic acids is 1. The minimum Gasteiger partial charge on any atom is -0.480 e. The van der Waals surface area contributed by atoms with Crippen molar-refractivity contribution in [2.24, 2.45) is 0 Å². The number of morpholine rings is 1. The molecular formula is C17H20N2O6. The molecule has 2 rings (SSSR count). The molecule has 1 unspecified atom stereocenters. The maximum Gasteiger partial charge on any atom is 0.328 e. The summed E-state index contributed by atoms with van der Waals surface area (Å²) in [6.07, 6.45) is 0.651. The molecule has 0 aromatic heterocycles. The SMILES string of the molecule is CC(C)c1ccccc1/C(=C\[N+](=O)[O-])C(=O)N1CCOCC1C(=O)O. The molecule has 1 aromatic carbocycles. The third kappa shape index (κ3) is 4.21. The summed E-state index contributed by atoms with van der Waals surface area (Å²) < 4.78 is 5.12. The number of aliphatic carboxylic acids is 1. The Kier molecular flexibility index (Phi) is 5.87. The van der Waals surface area contributed by atoms with Gasteiger partial charge in [0.2, 0.25) is 6.20 Å². The van der Waals surface area contributed by atoms with Gasteiger partial charge in [-0.3, -0.25) is 14.9 Å². The number of rotatable bonds is 5. The molecule has 1 heterocycles. The molecule has 0 radical (unpaired) electrons. The number of hydrogen-bond donors (Lipinski definition) is 1. The maximum atomic E-state index is 13.0. The van der Waals surface area contributed by atoms with Gasteiger partial charge < -0.3 is 14.7 Å². The lowest BCUT2D eigenvalue weighted by Gasteiger charge is -2.33. The topological polar surface area (TPSA) is 110 Å². The van der Waals surface area contributed by atoms with Gasteiger partial charge in [-0.2, -0.15) is 0 Å². The van der Waals surface area contributed by atoms with Gasteiger partial charge in [0.05, 0.1) is 18.1 Å². The van der Waals surface area contributed by atoms with E-state index in [0.717, 1.165) is 10.5 Å². The van der Waals surface area contributed by atoms with E-state index < -0.39 is 22.8 Å². The minimum atomic E-state index is -1.20. The van der Waals surface area contributed by atoms with E-state index in [2.05, 4.69) is 0 Å². The van der Waals surface area contributed by atoms with Crippen molar-refractivity contribution in [3.05, 3.63) is 51.7 Å². The molecule has 1 amide bonds. The molecule has 1 aromatic rings. The molecule has 0 aliphatic carbocycles. The standard InChI is InChI=1S/C17H20N2O6/c1-11(2)12-5-3-4-6-13(12)14(9-19(23)24)16(20)18-7-8-25-10-15(18)17(21)22/h3-6,9,11,15H,7-8,10H2,1-2H3,(H,21,22)/b14-9+. The first-order valence-electron chi connectivity index (χ1n) is 7.89. The highest BCUT2D eigenvalue weighted by Crippen LogP contribution is 2.28. The van der Waals surface area contributed by atoms with Crippen LogP contribution in [0.3, 0.4) is 0 Å². The zero-order chi connectivity index (χ0) is 18.6. The molecule has 1 fully saturated rings. The fourth-order valence-electron chi connectivity index (χ4n) is 2.80. The van der Waals surface area contributed by atoms with Crippen molar-refractivity contribution in [2.75, 3.05) is 19.8 Å². The van der Waals surface area contributed by atoms with Gasteiger partial charge in [-0.15, -0.1) is 0 Å². The third-order valence-corrected chi connectivity index (χ3v) is 4.01. The normalized spacial score (nSPS) is 18.3. The Morgan fingerprint density at radius 2 is 2.08 bits per heavy atom. The molecule has 25 heavy (non-hydrogen) atoms. The van der Waals surface area contributed by atoms with Crippen molar-refractivity contribution in [3.8, 4) is 0 Å². The van der Waals surface area contributed by atoms with Gasteiger partial charge in [0.1, 0.15) is 5.57 Å². The Bertz CT molecular complexity index is 713. The average Bonchev–Trinajstić information content (AvgIpc) is 2.58. The van der Waals surface area contributed by atoms with Crippen molar-refractivity contribution in [1.82, 2.24) is 4.90 Å². The lowest BCUT2D eigenvalue weighted by molar-refractivity contribution is -0.401. The van der Waals surface area contributed by atoms with Crippen molar-refractivity contribution in [1.29, 1.82) is 0 Å². The van der Waals surface area contributed by atoms with E-state index in [1.54, 1.807) is 24.3 Å². The van der Waals surface area contributed by atoms with E-state index >= 15 is 0 Å². The zero-order valence-electron chi connectivity index (χ0n) is 14.0. The van der Waals surface area contributed by atoms with Gasteiger partial charge in [0.15, 0.2) is 6.04 Å². The van der Waals surface area contributed by atoms with Gasteiger partial charge >= 0.3 is 5.97 Å². The van der Waals surface area contributed by atoms with E-state index in [0.29, 0.717) is 11.8 Å². The van der Waals surface area contributed by atoms with Crippen molar-refractivity contribution in [3.63, 3.8) is 0 Å². The summed E-state index contributed by atoms with van der Waals surface area (Å²) in [7, 11) is 0. The lowest BCUT2D eigenvalue weighted by atomic mass is 9.92. The number of nitro groups is 1. The highest BCUT2D eigenvalue weighted by molar-refractivity contribution is 6.20. The van der Waals surface area contributed by atoms with E-state index in [-0.39, 0.29) is 31.2 Å². The van der Waals surface area contributed by atoms with Crippen LogP contribution in [0.5, 0.6) is 0 Å². The van der Waals surface area contributed by atoms with Crippen LogP contribution in [0.2, 0.25) is 0 Å². The molecule has 1 saturated heterocycles. The Morgan fingerprint density at radius 1 is 1.40 bits per heavy atom. The molecule has 134 valence electrons. The number of carboxylic acid groups (broad SMARTS) is 1. The molecule has 0 spiro atoms. The summed E-state index contributed by atoms with van der Waals surface area (Å²) >= 11 is 0. The van der Waals surface area contributed by atoms with Crippen LogP contribution < -0.4 is 0 Å². The molecule has 8 heteroatoms. The summed E-state index contributed by atoms with van der Waals surface area (Å²) in [5, 5.41) is 20.4. The summed E-state index contributed by atoms with van der Waals surface area (Å²) in [5.74, 6) is -1.84. The molecule has 8 nitrogen and oxygen atoms in total. The Balaban J connectivity index is 2.50. The number of ether oxygens (including phenoxy) is 1. The fourth-order valence-corrected chi connectivity index (χ4v) is 2.80. The van der Waals surface area contributed by atoms with Crippen LogP contribution in [0.1, 0.15) is 30.9 Å². The minimum absolute atomic E-state index is 0.0408. The number of carbonyl (C=O) groups is 2. The van der Waals surface area contributed by atoms with E-state index in [1.807, 2.05) is 13.8 Å². The molecule has 1 atom stereocenters. The van der Waals surface area contributed by atoms with Gasteiger partial charge in [-0.1, -0.05) is 38.1 Å². The van der Waals surface area contributed by atoms with Crippen LogP contribution >= 0.6 is 0 Å². The second-order valence-electron chi connectivity index (χ2n) is 6.00. The fraction of sp³-hybridized carbons (Fsp3) is 0.412. The van der Waals surface area contributed by atoms with Crippen molar-refractivity contribution < 1.29 is 24.4 Å². The highest BCUT2D eigenvalue weighted by atomic mass is 16.6. The molecular weight excluding hydrogens is 328 g/mol.